The van der Waals surface area contributed by atoms with Gasteiger partial charge >= 0.3 is 0 Å². The van der Waals surface area contributed by atoms with Crippen LogP contribution in [0.1, 0.15) is 12.3 Å². The largest absolute Gasteiger partial charge is 0.385 e. The third kappa shape index (κ3) is 4.38. The number of methoxy groups -OCH3 is 1. The highest BCUT2D eigenvalue weighted by Gasteiger charge is 2.14. The Bertz CT molecular complexity index is 1160. The van der Waals surface area contributed by atoms with E-state index in [2.05, 4.69) is 10.1 Å². The first-order valence-electron chi connectivity index (χ1n) is 9.25. The van der Waals surface area contributed by atoms with Crippen molar-refractivity contribution < 1.29 is 9.26 Å². The Morgan fingerprint density at radius 1 is 1.07 bits per heavy atom. The van der Waals surface area contributed by atoms with Gasteiger partial charge in [-0.15, -0.1) is 0 Å². The molecule has 7 nitrogen and oxygen atoms in total. The molecule has 2 aromatic heterocycles. The lowest BCUT2D eigenvalue weighted by Gasteiger charge is -2.12. The Morgan fingerprint density at radius 3 is 2.69 bits per heavy atom. The molecule has 0 saturated carbocycles. The maximum Gasteiger partial charge on any atom is 0.262 e. The summed E-state index contributed by atoms with van der Waals surface area (Å²) < 4.78 is 12.2. The average Bonchev–Trinajstić information content (AvgIpc) is 3.24. The van der Waals surface area contributed by atoms with Crippen LogP contribution in [0.15, 0.2) is 69.1 Å². The molecule has 0 aliphatic heterocycles. The van der Waals surface area contributed by atoms with Gasteiger partial charge < -0.3 is 9.26 Å². The summed E-state index contributed by atoms with van der Waals surface area (Å²) in [6.45, 7) is 1.11. The van der Waals surface area contributed by atoms with Crippen molar-refractivity contribution in [1.29, 1.82) is 0 Å². The minimum atomic E-state index is -0.0512. The van der Waals surface area contributed by atoms with Crippen molar-refractivity contribution in [2.45, 2.75) is 23.9 Å². The standard InChI is InChI=1S/C21H20N4O3S/c1-27-13-7-12-25-20(26)16-10-5-6-11-17(16)22-21(25)29-14-18-23-19(24-28-18)15-8-3-2-4-9-15/h2-6,8-11H,7,12-14H2,1H3. The first-order chi connectivity index (χ1) is 14.3. The topological polar surface area (TPSA) is 83.0 Å². The van der Waals surface area contributed by atoms with E-state index < -0.39 is 0 Å². The third-order valence-electron chi connectivity index (χ3n) is 4.38. The molecule has 0 saturated heterocycles. The Balaban J connectivity index is 1.59. The summed E-state index contributed by atoms with van der Waals surface area (Å²) in [5, 5.41) is 5.28. The first kappa shape index (κ1) is 19.4. The van der Waals surface area contributed by atoms with Crippen LogP contribution in [0.3, 0.4) is 0 Å². The van der Waals surface area contributed by atoms with Crippen LogP contribution in [-0.2, 0) is 17.0 Å². The Morgan fingerprint density at radius 2 is 1.86 bits per heavy atom. The minimum absolute atomic E-state index is 0.0512. The number of fused-ring (bicyclic) bond motifs is 1. The molecule has 0 fully saturated rings. The molecule has 29 heavy (non-hydrogen) atoms. The smallest absolute Gasteiger partial charge is 0.262 e. The van der Waals surface area contributed by atoms with Gasteiger partial charge in [-0.05, 0) is 18.6 Å². The highest BCUT2D eigenvalue weighted by molar-refractivity contribution is 7.98. The van der Waals surface area contributed by atoms with Crippen molar-refractivity contribution >= 4 is 22.7 Å². The van der Waals surface area contributed by atoms with Crippen LogP contribution in [0.4, 0.5) is 0 Å². The average molecular weight is 408 g/mol. The van der Waals surface area contributed by atoms with Gasteiger partial charge in [0.15, 0.2) is 5.16 Å². The number of thioether (sulfide) groups is 1. The predicted octanol–water partition coefficient (Wildman–Crippen LogP) is 3.78. The number of hydrogen-bond donors (Lipinski definition) is 0. The van der Waals surface area contributed by atoms with Crippen molar-refractivity contribution in [3.05, 3.63) is 70.8 Å². The fourth-order valence-corrected chi connectivity index (χ4v) is 3.83. The monoisotopic (exact) mass is 408 g/mol. The van der Waals surface area contributed by atoms with Crippen molar-refractivity contribution in [3.63, 3.8) is 0 Å². The highest BCUT2D eigenvalue weighted by Crippen LogP contribution is 2.23. The van der Waals surface area contributed by atoms with Gasteiger partial charge in [0.1, 0.15) is 0 Å². The molecular weight excluding hydrogens is 388 g/mol. The van der Waals surface area contributed by atoms with Gasteiger partial charge in [-0.2, -0.15) is 4.98 Å². The van der Waals surface area contributed by atoms with E-state index in [-0.39, 0.29) is 5.56 Å². The molecule has 0 aliphatic carbocycles. The highest BCUT2D eigenvalue weighted by atomic mass is 32.2. The summed E-state index contributed by atoms with van der Waals surface area (Å²) in [5.74, 6) is 1.46. The number of ether oxygens (including phenoxy) is 1. The number of para-hydroxylation sites is 1. The summed E-state index contributed by atoms with van der Waals surface area (Å²) in [5.41, 5.74) is 1.52. The Labute approximate surface area is 171 Å². The van der Waals surface area contributed by atoms with E-state index in [0.717, 1.165) is 12.0 Å². The lowest BCUT2D eigenvalue weighted by molar-refractivity contribution is 0.189. The molecule has 4 rings (SSSR count). The molecular formula is C21H20N4O3S. The van der Waals surface area contributed by atoms with E-state index in [4.69, 9.17) is 14.2 Å². The zero-order valence-corrected chi connectivity index (χ0v) is 16.8. The van der Waals surface area contributed by atoms with E-state index >= 15 is 0 Å². The molecule has 0 N–H and O–H groups in total. The number of aromatic nitrogens is 4. The van der Waals surface area contributed by atoms with E-state index in [1.165, 1.54) is 11.8 Å². The van der Waals surface area contributed by atoms with Crippen LogP contribution in [0.2, 0.25) is 0 Å². The van der Waals surface area contributed by atoms with Crippen LogP contribution in [0.25, 0.3) is 22.3 Å². The van der Waals surface area contributed by atoms with E-state index in [0.29, 0.717) is 46.7 Å². The van der Waals surface area contributed by atoms with Gasteiger partial charge in [-0.1, -0.05) is 59.4 Å². The number of rotatable bonds is 8. The van der Waals surface area contributed by atoms with Crippen LogP contribution in [0.5, 0.6) is 0 Å². The van der Waals surface area contributed by atoms with E-state index in [1.54, 1.807) is 17.7 Å². The number of hydrogen-bond acceptors (Lipinski definition) is 7. The van der Waals surface area contributed by atoms with E-state index in [9.17, 15) is 4.79 Å². The van der Waals surface area contributed by atoms with E-state index in [1.807, 2.05) is 48.5 Å². The minimum Gasteiger partial charge on any atom is -0.385 e. The number of nitrogens with zero attached hydrogens (tertiary/aromatic N) is 4. The molecule has 4 aromatic rings. The molecule has 0 bridgehead atoms. The first-order valence-corrected chi connectivity index (χ1v) is 10.2. The summed E-state index contributed by atoms with van der Waals surface area (Å²) in [6, 6.07) is 17.0. The SMILES string of the molecule is COCCCn1c(SCc2nc(-c3ccccc3)no2)nc2ccccc2c1=O. The summed E-state index contributed by atoms with van der Waals surface area (Å²) in [7, 11) is 1.65. The van der Waals surface area contributed by atoms with Crippen molar-refractivity contribution in [2.24, 2.45) is 0 Å². The van der Waals surface area contributed by atoms with Crippen LogP contribution < -0.4 is 5.56 Å². The molecule has 0 radical (unpaired) electrons. The predicted molar refractivity (Wildman–Crippen MR) is 112 cm³/mol. The maximum atomic E-state index is 13.0. The normalized spacial score (nSPS) is 11.2. The van der Waals surface area contributed by atoms with Gasteiger partial charge in [-0.3, -0.25) is 9.36 Å². The van der Waals surface area contributed by atoms with Crippen molar-refractivity contribution in [3.8, 4) is 11.4 Å². The van der Waals surface area contributed by atoms with Crippen molar-refractivity contribution in [2.75, 3.05) is 13.7 Å². The summed E-state index contributed by atoms with van der Waals surface area (Å²) in [6.07, 6.45) is 0.725. The zero-order valence-electron chi connectivity index (χ0n) is 15.9. The zero-order chi connectivity index (χ0) is 20.1. The Hall–Kier alpha value is -2.97. The van der Waals surface area contributed by atoms with Gasteiger partial charge in [0, 0.05) is 25.8 Å². The van der Waals surface area contributed by atoms with Gasteiger partial charge in [0.05, 0.1) is 16.7 Å². The molecule has 2 heterocycles. The fourth-order valence-electron chi connectivity index (χ4n) is 2.97. The van der Waals surface area contributed by atoms with Crippen LogP contribution in [-0.4, -0.2) is 33.4 Å². The molecule has 0 atom stereocenters. The van der Waals surface area contributed by atoms with Crippen LogP contribution >= 0.6 is 11.8 Å². The molecule has 0 amide bonds. The van der Waals surface area contributed by atoms with Gasteiger partial charge in [-0.25, -0.2) is 4.98 Å². The lowest BCUT2D eigenvalue weighted by Crippen LogP contribution is -2.24. The second-order valence-electron chi connectivity index (χ2n) is 6.38. The molecule has 0 unspecified atom stereocenters. The second kappa shape index (κ2) is 9.02. The van der Waals surface area contributed by atoms with Crippen molar-refractivity contribution in [1.82, 2.24) is 19.7 Å². The third-order valence-corrected chi connectivity index (χ3v) is 5.34. The number of benzene rings is 2. The molecule has 2 aromatic carbocycles. The Kier molecular flexibility index (Phi) is 6.02. The molecule has 148 valence electrons. The summed E-state index contributed by atoms with van der Waals surface area (Å²) in [4.78, 5) is 22.1. The van der Waals surface area contributed by atoms with Gasteiger partial charge in [0.25, 0.3) is 5.56 Å². The fraction of sp³-hybridized carbons (Fsp3) is 0.238. The maximum absolute atomic E-state index is 13.0. The molecule has 0 spiro atoms. The summed E-state index contributed by atoms with van der Waals surface area (Å²) >= 11 is 1.41. The molecule has 0 aliphatic rings. The second-order valence-corrected chi connectivity index (χ2v) is 7.32. The quantitative estimate of drug-likeness (QED) is 0.249. The molecule has 8 heteroatoms. The van der Waals surface area contributed by atoms with Gasteiger partial charge in [0.2, 0.25) is 11.7 Å². The lowest BCUT2D eigenvalue weighted by atomic mass is 10.2. The van der Waals surface area contributed by atoms with Crippen LogP contribution in [0, 0.1) is 0 Å².